The fourth-order valence-corrected chi connectivity index (χ4v) is 6.99. The molecule has 1 fully saturated rings. The van der Waals surface area contributed by atoms with Crippen molar-refractivity contribution in [1.82, 2.24) is 34.5 Å². The quantitative estimate of drug-likeness (QED) is 0.282. The average Bonchev–Trinajstić information content (AvgIpc) is 3.04. The summed E-state index contributed by atoms with van der Waals surface area (Å²) < 4.78 is 29.1. The molecule has 13 nitrogen and oxygen atoms in total. The lowest BCUT2D eigenvalue weighted by Crippen LogP contribution is -2.63. The number of hydrogen-bond acceptors (Lipinski definition) is 9. The van der Waals surface area contributed by atoms with Crippen molar-refractivity contribution >= 4 is 50.1 Å². The van der Waals surface area contributed by atoms with Crippen LogP contribution in [0.2, 0.25) is 5.02 Å². The number of hydroxylamine groups is 2. The number of aromatic nitrogens is 3. The van der Waals surface area contributed by atoms with Gasteiger partial charge in [-0.25, -0.2) is 18.4 Å². The Hall–Kier alpha value is -4.50. The van der Waals surface area contributed by atoms with Gasteiger partial charge < -0.3 is 20.5 Å². The van der Waals surface area contributed by atoms with Crippen molar-refractivity contribution in [3.63, 3.8) is 0 Å². The van der Waals surface area contributed by atoms with Crippen LogP contribution in [0, 0.1) is 5.21 Å². The van der Waals surface area contributed by atoms with Gasteiger partial charge in [0.2, 0.25) is 21.8 Å². The third-order valence-corrected chi connectivity index (χ3v) is 9.62. The number of benzene rings is 2. The smallest absolute Gasteiger partial charge is 0.257 e. The molecule has 4 aromatic rings. The van der Waals surface area contributed by atoms with Gasteiger partial charge in [-0.2, -0.15) is 4.31 Å². The molecule has 15 heteroatoms. The van der Waals surface area contributed by atoms with Crippen molar-refractivity contribution < 1.29 is 22.8 Å². The van der Waals surface area contributed by atoms with E-state index in [2.05, 4.69) is 20.3 Å². The van der Waals surface area contributed by atoms with E-state index in [1.54, 1.807) is 48.8 Å². The first-order chi connectivity index (χ1) is 21.5. The normalized spacial score (nSPS) is 17.2. The molecule has 0 aliphatic carbocycles. The molecule has 2 atom stereocenters. The molecule has 2 aromatic carbocycles. The van der Waals surface area contributed by atoms with Crippen LogP contribution in [0.4, 0.5) is 0 Å². The molecule has 1 saturated heterocycles. The van der Waals surface area contributed by atoms with E-state index in [0.717, 1.165) is 16.7 Å². The summed E-state index contributed by atoms with van der Waals surface area (Å²) in [6, 6.07) is 11.0. The number of carbonyl (C=O) groups excluding carboxylic acids is 3. The standard InChI is InChI=1S/C30H29ClN7O6S/c1-32-27(39)13-24-17-37(45(43,44)26-6-4-20-11-23(31)5-3-21(20)12-26)18-25(14-28(40)36(2)42)38(24)30(41)22-15-34-29(35-16-22)19-7-9-33-10-8-19/h3-12,15-16,24-25H,13-14,17-18H2,1-2H3,(H,32,39)/q-1. The Morgan fingerprint density at radius 1 is 0.978 bits per heavy atom. The number of sulfonamides is 1. The summed E-state index contributed by atoms with van der Waals surface area (Å²) in [5.74, 6) is -1.57. The Morgan fingerprint density at radius 3 is 2.24 bits per heavy atom. The maximum atomic E-state index is 14.0. The van der Waals surface area contributed by atoms with E-state index >= 15 is 0 Å². The Balaban J connectivity index is 1.52. The fourth-order valence-electron chi connectivity index (χ4n) is 5.26. The molecule has 2 aromatic heterocycles. The molecular formula is C30H29ClN7O6S-. The summed E-state index contributed by atoms with van der Waals surface area (Å²) in [6.45, 7) is -0.541. The summed E-state index contributed by atoms with van der Waals surface area (Å²) in [5, 5.41) is 16.5. The number of rotatable bonds is 8. The number of halogens is 1. The molecule has 3 amide bonds. The Kier molecular flexibility index (Phi) is 9.39. The lowest BCUT2D eigenvalue weighted by Gasteiger charge is -2.46. The molecule has 45 heavy (non-hydrogen) atoms. The van der Waals surface area contributed by atoms with Gasteiger partial charge in [0.05, 0.1) is 22.5 Å². The highest BCUT2D eigenvalue weighted by Crippen LogP contribution is 2.30. The minimum Gasteiger partial charge on any atom is -0.756 e. The topological polar surface area (TPSA) is 169 Å². The van der Waals surface area contributed by atoms with Crippen LogP contribution in [0.25, 0.3) is 22.2 Å². The van der Waals surface area contributed by atoms with Gasteiger partial charge in [-0.15, -0.1) is 0 Å². The molecule has 234 valence electrons. The highest BCUT2D eigenvalue weighted by molar-refractivity contribution is 7.89. The summed E-state index contributed by atoms with van der Waals surface area (Å²) in [7, 11) is -1.73. The van der Waals surface area contributed by atoms with Crippen LogP contribution in [0.3, 0.4) is 0 Å². The average molecular weight is 651 g/mol. The lowest BCUT2D eigenvalue weighted by molar-refractivity contribution is -0.129. The van der Waals surface area contributed by atoms with E-state index < -0.39 is 46.2 Å². The maximum Gasteiger partial charge on any atom is 0.257 e. The molecule has 0 bridgehead atoms. The Labute approximate surface area is 264 Å². The van der Waals surface area contributed by atoms with Gasteiger partial charge in [0.1, 0.15) is 0 Å². The van der Waals surface area contributed by atoms with E-state index in [4.69, 9.17) is 11.6 Å². The zero-order valence-electron chi connectivity index (χ0n) is 24.3. The first-order valence-electron chi connectivity index (χ1n) is 13.9. The van der Waals surface area contributed by atoms with Gasteiger partial charge in [0.15, 0.2) is 5.82 Å². The lowest BCUT2D eigenvalue weighted by atomic mass is 10.00. The number of piperazine rings is 1. The van der Waals surface area contributed by atoms with E-state index in [1.807, 2.05) is 0 Å². The molecule has 0 spiro atoms. The van der Waals surface area contributed by atoms with Crippen LogP contribution in [0.1, 0.15) is 23.2 Å². The molecule has 3 heterocycles. The van der Waals surface area contributed by atoms with Crippen LogP contribution in [-0.4, -0.2) is 94.6 Å². The molecule has 0 saturated carbocycles. The van der Waals surface area contributed by atoms with Crippen molar-refractivity contribution in [1.29, 1.82) is 0 Å². The number of nitrogens with zero attached hydrogens (tertiary/aromatic N) is 6. The van der Waals surface area contributed by atoms with Crippen molar-refractivity contribution in [2.75, 3.05) is 27.2 Å². The number of nitrogens with one attached hydrogen (secondary N) is 1. The molecule has 0 radical (unpaired) electrons. The number of carbonyl (C=O) groups is 3. The minimum absolute atomic E-state index is 0.0121. The van der Waals surface area contributed by atoms with Crippen molar-refractivity contribution in [3.8, 4) is 11.4 Å². The summed E-state index contributed by atoms with van der Waals surface area (Å²) in [4.78, 5) is 53.2. The van der Waals surface area contributed by atoms with Crippen molar-refractivity contribution in [2.24, 2.45) is 0 Å². The molecule has 1 aliphatic rings. The van der Waals surface area contributed by atoms with Crippen LogP contribution in [0.5, 0.6) is 0 Å². The Morgan fingerprint density at radius 2 is 1.60 bits per heavy atom. The minimum atomic E-state index is -4.18. The van der Waals surface area contributed by atoms with E-state index in [0.29, 0.717) is 21.8 Å². The number of fused-ring (bicyclic) bond motifs is 1. The SMILES string of the molecule is CNC(=O)CC1CN(S(=O)(=O)c2ccc3cc(Cl)ccc3c2)CC(CC(=O)N(C)[O-])N1C(=O)c1cnc(-c2ccncc2)nc1. The molecular weight excluding hydrogens is 622 g/mol. The van der Waals surface area contributed by atoms with Crippen LogP contribution < -0.4 is 5.32 Å². The summed E-state index contributed by atoms with van der Waals surface area (Å²) in [6.07, 6.45) is 5.07. The summed E-state index contributed by atoms with van der Waals surface area (Å²) in [5.41, 5.74) is 0.742. The number of pyridine rings is 1. The van der Waals surface area contributed by atoms with E-state index in [-0.39, 0.29) is 35.0 Å². The monoisotopic (exact) mass is 650 g/mol. The summed E-state index contributed by atoms with van der Waals surface area (Å²) >= 11 is 6.08. The van der Waals surface area contributed by atoms with Crippen LogP contribution >= 0.6 is 11.6 Å². The second-order valence-electron chi connectivity index (χ2n) is 10.5. The Bertz CT molecular complexity index is 1840. The number of hydrogen-bond donors (Lipinski definition) is 1. The number of amides is 3. The van der Waals surface area contributed by atoms with Gasteiger partial charge >= 0.3 is 0 Å². The maximum absolute atomic E-state index is 14.0. The first kappa shape index (κ1) is 31.9. The zero-order valence-corrected chi connectivity index (χ0v) is 25.9. The zero-order chi connectivity index (χ0) is 32.3. The third-order valence-electron chi connectivity index (χ3n) is 7.56. The predicted octanol–water partition coefficient (Wildman–Crippen LogP) is 2.71. The van der Waals surface area contributed by atoms with Gasteiger partial charge in [-0.05, 0) is 54.2 Å². The largest absolute Gasteiger partial charge is 0.756 e. The van der Waals surface area contributed by atoms with Crippen molar-refractivity contribution in [2.45, 2.75) is 29.8 Å². The molecule has 1 aliphatic heterocycles. The fraction of sp³-hybridized carbons (Fsp3) is 0.267. The van der Waals surface area contributed by atoms with Crippen molar-refractivity contribution in [3.05, 3.63) is 89.1 Å². The van der Waals surface area contributed by atoms with Gasteiger partial charge in [0, 0.05) is 68.4 Å². The van der Waals surface area contributed by atoms with Gasteiger partial charge in [-0.1, -0.05) is 23.7 Å². The van der Waals surface area contributed by atoms with E-state index in [9.17, 15) is 28.0 Å². The third kappa shape index (κ3) is 6.93. The first-order valence-corrected chi connectivity index (χ1v) is 15.7. The highest BCUT2D eigenvalue weighted by Gasteiger charge is 2.43. The van der Waals surface area contributed by atoms with Crippen LogP contribution in [-0.2, 0) is 19.6 Å². The van der Waals surface area contributed by atoms with Crippen LogP contribution in [0.15, 0.2) is 78.2 Å². The van der Waals surface area contributed by atoms with E-state index in [1.165, 1.54) is 36.5 Å². The molecule has 2 unspecified atom stereocenters. The second kappa shape index (κ2) is 13.2. The predicted molar refractivity (Wildman–Crippen MR) is 166 cm³/mol. The molecule has 5 rings (SSSR count). The molecule has 1 N–H and O–H groups in total. The van der Waals surface area contributed by atoms with Gasteiger partial charge in [-0.3, -0.25) is 19.4 Å². The highest BCUT2D eigenvalue weighted by atomic mass is 35.5. The van der Waals surface area contributed by atoms with Gasteiger partial charge in [0.25, 0.3) is 5.91 Å². The second-order valence-corrected chi connectivity index (χ2v) is 12.9.